The molecule has 0 saturated carbocycles. The number of aliphatic hydroxyl groups is 1. The fourth-order valence-electron chi connectivity index (χ4n) is 1.49. The summed E-state index contributed by atoms with van der Waals surface area (Å²) in [5.74, 6) is 0.821. The molecule has 1 aliphatic rings. The van der Waals surface area contributed by atoms with Gasteiger partial charge in [0.2, 0.25) is 0 Å². The molecule has 0 amide bonds. The molecule has 0 spiro atoms. The van der Waals surface area contributed by atoms with Crippen LogP contribution in [-0.2, 0) is 12.0 Å². The van der Waals surface area contributed by atoms with Crippen molar-refractivity contribution < 1.29 is 9.63 Å². The summed E-state index contributed by atoms with van der Waals surface area (Å²) in [4.78, 5) is 0. The maximum Gasteiger partial charge on any atom is 0.141 e. The Morgan fingerprint density at radius 2 is 2.64 bits per heavy atom. The number of aryl methyl sites for hydroxylation is 1. The Kier molecular flexibility index (Phi) is 1.27. The maximum absolute atomic E-state index is 9.00. The van der Waals surface area contributed by atoms with E-state index in [1.165, 1.54) is 0 Å². The lowest BCUT2D eigenvalue weighted by molar-refractivity contribution is 0.196. The first-order chi connectivity index (χ1) is 5.26. The van der Waals surface area contributed by atoms with Gasteiger partial charge in [0, 0.05) is 12.0 Å². The second-order valence-electron chi connectivity index (χ2n) is 2.98. The van der Waals surface area contributed by atoms with E-state index in [-0.39, 0.29) is 6.61 Å². The minimum atomic E-state index is -0.602. The van der Waals surface area contributed by atoms with Gasteiger partial charge in [0.1, 0.15) is 5.76 Å². The molecule has 1 aromatic heterocycles. The molecule has 2 rings (SSSR count). The van der Waals surface area contributed by atoms with Gasteiger partial charge in [-0.3, -0.25) is 0 Å². The van der Waals surface area contributed by atoms with Crippen LogP contribution in [0.1, 0.15) is 17.7 Å². The van der Waals surface area contributed by atoms with E-state index in [9.17, 15) is 0 Å². The highest BCUT2D eigenvalue weighted by atomic mass is 16.5. The van der Waals surface area contributed by atoms with Crippen LogP contribution in [0.5, 0.6) is 0 Å². The Morgan fingerprint density at radius 1 is 1.82 bits per heavy atom. The summed E-state index contributed by atoms with van der Waals surface area (Å²) in [6.07, 6.45) is 3.13. The van der Waals surface area contributed by atoms with Gasteiger partial charge in [0.25, 0.3) is 0 Å². The van der Waals surface area contributed by atoms with Crippen molar-refractivity contribution in [1.82, 2.24) is 5.16 Å². The smallest absolute Gasteiger partial charge is 0.141 e. The zero-order valence-electron chi connectivity index (χ0n) is 6.08. The lowest BCUT2D eigenvalue weighted by Crippen LogP contribution is -2.37. The van der Waals surface area contributed by atoms with Crippen LogP contribution >= 0.6 is 0 Å². The minimum absolute atomic E-state index is 0.0405. The molecule has 1 aliphatic carbocycles. The van der Waals surface area contributed by atoms with E-state index in [1.807, 2.05) is 0 Å². The lowest BCUT2D eigenvalue weighted by Gasteiger charge is -2.19. The van der Waals surface area contributed by atoms with Crippen LogP contribution in [0.3, 0.4) is 0 Å². The first-order valence-electron chi connectivity index (χ1n) is 3.60. The molecule has 1 heterocycles. The van der Waals surface area contributed by atoms with Crippen molar-refractivity contribution >= 4 is 0 Å². The molecule has 1 atom stereocenters. The van der Waals surface area contributed by atoms with Crippen LogP contribution < -0.4 is 5.73 Å². The number of hydrogen-bond donors (Lipinski definition) is 2. The Bertz CT molecular complexity index is 271. The van der Waals surface area contributed by atoms with Gasteiger partial charge in [-0.05, 0) is 6.42 Å². The van der Waals surface area contributed by atoms with Gasteiger partial charge in [-0.15, -0.1) is 0 Å². The number of rotatable bonds is 1. The number of aliphatic hydroxyl groups excluding tert-OH is 1. The van der Waals surface area contributed by atoms with Crippen molar-refractivity contribution in [3.05, 3.63) is 17.5 Å². The summed E-state index contributed by atoms with van der Waals surface area (Å²) in [6, 6.07) is 0. The molecular formula is C7H10N2O2. The number of hydrogen-bond acceptors (Lipinski definition) is 4. The third-order valence-corrected chi connectivity index (χ3v) is 2.26. The predicted octanol–water partition coefficient (Wildman–Crippen LogP) is -0.233. The molecule has 0 aliphatic heterocycles. The predicted molar refractivity (Wildman–Crippen MR) is 37.8 cm³/mol. The van der Waals surface area contributed by atoms with E-state index in [0.29, 0.717) is 0 Å². The molecule has 0 aromatic carbocycles. The fourth-order valence-corrected chi connectivity index (χ4v) is 1.49. The largest absolute Gasteiger partial charge is 0.394 e. The summed E-state index contributed by atoms with van der Waals surface area (Å²) in [6.45, 7) is -0.0405. The van der Waals surface area contributed by atoms with Crippen LogP contribution in [0, 0.1) is 0 Å². The van der Waals surface area contributed by atoms with Crippen molar-refractivity contribution in [2.75, 3.05) is 6.61 Å². The standard InChI is InChI=1S/C7H10N2O2/c8-7(4-10)2-1-6-5(7)3-9-11-6/h3,10H,1-2,4,8H2. The van der Waals surface area contributed by atoms with E-state index >= 15 is 0 Å². The minimum Gasteiger partial charge on any atom is -0.394 e. The quantitative estimate of drug-likeness (QED) is 0.586. The summed E-state index contributed by atoms with van der Waals surface area (Å²) < 4.78 is 4.93. The van der Waals surface area contributed by atoms with Crippen molar-refractivity contribution in [1.29, 1.82) is 0 Å². The monoisotopic (exact) mass is 154 g/mol. The molecule has 1 aromatic rings. The molecular weight excluding hydrogens is 144 g/mol. The third kappa shape index (κ3) is 0.797. The van der Waals surface area contributed by atoms with E-state index in [0.717, 1.165) is 24.2 Å². The molecule has 0 saturated heterocycles. The molecule has 0 bridgehead atoms. The van der Waals surface area contributed by atoms with Gasteiger partial charge < -0.3 is 15.4 Å². The van der Waals surface area contributed by atoms with Crippen molar-refractivity contribution in [2.24, 2.45) is 5.73 Å². The lowest BCUT2D eigenvalue weighted by atomic mass is 9.97. The highest BCUT2D eigenvalue weighted by molar-refractivity contribution is 5.29. The summed E-state index contributed by atoms with van der Waals surface area (Å²) >= 11 is 0. The van der Waals surface area contributed by atoms with Gasteiger partial charge >= 0.3 is 0 Å². The van der Waals surface area contributed by atoms with Crippen LogP contribution in [0.2, 0.25) is 0 Å². The van der Waals surface area contributed by atoms with E-state index in [4.69, 9.17) is 15.4 Å². The van der Waals surface area contributed by atoms with E-state index in [1.54, 1.807) is 6.20 Å². The molecule has 1 unspecified atom stereocenters. The molecule has 60 valence electrons. The van der Waals surface area contributed by atoms with Gasteiger partial charge in [0.05, 0.1) is 18.3 Å². The van der Waals surface area contributed by atoms with Gasteiger partial charge in [-0.25, -0.2) is 0 Å². The second kappa shape index (κ2) is 2.06. The zero-order valence-corrected chi connectivity index (χ0v) is 6.08. The van der Waals surface area contributed by atoms with Gasteiger partial charge in [-0.2, -0.15) is 0 Å². The highest BCUT2D eigenvalue weighted by Crippen LogP contribution is 2.33. The van der Waals surface area contributed by atoms with Crippen LogP contribution in [0.25, 0.3) is 0 Å². The second-order valence-corrected chi connectivity index (χ2v) is 2.98. The Hall–Kier alpha value is -0.870. The molecule has 11 heavy (non-hydrogen) atoms. The zero-order chi connectivity index (χ0) is 7.90. The average Bonchev–Trinajstić information content (AvgIpc) is 2.55. The van der Waals surface area contributed by atoms with E-state index < -0.39 is 5.54 Å². The topological polar surface area (TPSA) is 72.3 Å². The number of fused-ring (bicyclic) bond motifs is 1. The van der Waals surface area contributed by atoms with Crippen LogP contribution in [0.15, 0.2) is 10.7 Å². The summed E-state index contributed by atoms with van der Waals surface area (Å²) in [5, 5.41) is 12.6. The number of nitrogens with two attached hydrogens (primary N) is 1. The summed E-state index contributed by atoms with van der Waals surface area (Å²) in [7, 11) is 0. The third-order valence-electron chi connectivity index (χ3n) is 2.26. The summed E-state index contributed by atoms with van der Waals surface area (Å²) in [5.41, 5.74) is 6.12. The first kappa shape index (κ1) is 6.82. The SMILES string of the molecule is NC1(CO)CCc2oncc21. The first-order valence-corrected chi connectivity index (χ1v) is 3.60. The number of aromatic nitrogens is 1. The average molecular weight is 154 g/mol. The van der Waals surface area contributed by atoms with E-state index in [2.05, 4.69) is 5.16 Å². The van der Waals surface area contributed by atoms with Crippen LogP contribution in [0.4, 0.5) is 0 Å². The van der Waals surface area contributed by atoms with Crippen molar-refractivity contribution in [3.8, 4) is 0 Å². The van der Waals surface area contributed by atoms with Gasteiger partial charge in [0.15, 0.2) is 0 Å². The maximum atomic E-state index is 9.00. The Balaban J connectivity index is 2.45. The normalized spacial score (nSPS) is 28.9. The van der Waals surface area contributed by atoms with Crippen LogP contribution in [-0.4, -0.2) is 16.9 Å². The fraction of sp³-hybridized carbons (Fsp3) is 0.571. The molecule has 3 N–H and O–H groups in total. The Morgan fingerprint density at radius 3 is 3.36 bits per heavy atom. The van der Waals surface area contributed by atoms with Crippen molar-refractivity contribution in [2.45, 2.75) is 18.4 Å². The van der Waals surface area contributed by atoms with Crippen molar-refractivity contribution in [3.63, 3.8) is 0 Å². The number of nitrogens with zero attached hydrogens (tertiary/aromatic N) is 1. The molecule has 4 nitrogen and oxygen atoms in total. The van der Waals surface area contributed by atoms with Gasteiger partial charge in [-0.1, -0.05) is 5.16 Å². The molecule has 4 heteroatoms. The molecule has 0 fully saturated rings. The Labute approximate surface area is 64.0 Å². The molecule has 0 radical (unpaired) electrons. The highest BCUT2D eigenvalue weighted by Gasteiger charge is 2.37.